The van der Waals surface area contributed by atoms with E-state index in [1.54, 1.807) is 0 Å². The van der Waals surface area contributed by atoms with Crippen LogP contribution >= 0.6 is 15.6 Å². The third-order valence-corrected chi connectivity index (χ3v) is 0.149. The summed E-state index contributed by atoms with van der Waals surface area (Å²) in [4.78, 5) is 51.3. The van der Waals surface area contributed by atoms with Gasteiger partial charge in [-0.05, 0) is 0 Å². The van der Waals surface area contributed by atoms with Gasteiger partial charge in [-0.2, -0.15) is 15.6 Å². The molecule has 18 heavy (non-hydrogen) atoms. The molecule has 12 nitrogen and oxygen atoms in total. The fourth-order valence-corrected chi connectivity index (χ4v) is 0. The van der Waals surface area contributed by atoms with Gasteiger partial charge in [0.05, 0.1) is 0 Å². The topological polar surface area (TPSA) is 263 Å². The Morgan fingerprint density at radius 3 is 0.833 bits per heavy atom. The van der Waals surface area contributed by atoms with Gasteiger partial charge in [0.25, 0.3) is 0 Å². The summed E-state index contributed by atoms with van der Waals surface area (Å²) in [5, 5.41) is 2.86. The predicted molar refractivity (Wildman–Crippen MR) is 35.2 cm³/mol. The first-order valence-electron chi connectivity index (χ1n) is 2.52. The van der Waals surface area contributed by atoms with Crippen LogP contribution in [0, 0.1) is 0 Å². The number of nitrogens with two attached hydrogens (primary N) is 3. The molecule has 0 aromatic rings. The van der Waals surface area contributed by atoms with Crippen LogP contribution in [0.2, 0.25) is 0 Å². The molecular weight excluding hydrogens is 454 g/mol. The molecule has 0 aliphatic heterocycles. The summed E-state index contributed by atoms with van der Waals surface area (Å²) in [5.41, 5.74) is 9.39. The van der Waals surface area contributed by atoms with Gasteiger partial charge < -0.3 is 55.8 Å². The molecular formula is CH6N4O8P2Zn3. The zero-order valence-electron chi connectivity index (χ0n) is 8.96. The second-order valence-corrected chi connectivity index (χ2v) is 3.24. The first kappa shape index (κ1) is 36.5. The normalized spacial score (nSPS) is 8.33. The largest absolute Gasteiger partial charge is 2.00 e. The van der Waals surface area contributed by atoms with Gasteiger partial charge in [-0.25, -0.2) is 0 Å². The fourth-order valence-electron chi connectivity index (χ4n) is 0. The molecule has 94 valence electrons. The van der Waals surface area contributed by atoms with Crippen molar-refractivity contribution in [2.75, 3.05) is 0 Å². The Bertz CT molecular complexity index is 235. The molecule has 0 amide bonds. The number of hydrazone groups is 1. The minimum atomic E-state index is -5.39. The molecule has 0 aliphatic carbocycles. The maximum absolute atomic E-state index is 8.55. The predicted octanol–water partition coefficient (Wildman–Crippen LogP) is -7.52. The summed E-state index contributed by atoms with van der Waals surface area (Å²) in [6.07, 6.45) is 0. The molecule has 0 saturated carbocycles. The Morgan fingerprint density at radius 1 is 0.778 bits per heavy atom. The molecule has 6 N–H and O–H groups in total. The SMILES string of the molecule is NN=C(N)N.O=P([O-])([O-])[O-].O=P([O-])([O-])[O-].[Zn+2].[Zn+2].[Zn+2]. The summed E-state index contributed by atoms with van der Waals surface area (Å²) in [6.45, 7) is 0. The van der Waals surface area contributed by atoms with E-state index in [1.807, 2.05) is 0 Å². The molecule has 0 aromatic heterocycles. The number of rotatable bonds is 0. The van der Waals surface area contributed by atoms with Gasteiger partial charge in [0.15, 0.2) is 0 Å². The summed E-state index contributed by atoms with van der Waals surface area (Å²) in [6, 6.07) is 0. The molecule has 0 fully saturated rings. The summed E-state index contributed by atoms with van der Waals surface area (Å²) in [7, 11) is -10.8. The van der Waals surface area contributed by atoms with Crippen LogP contribution in [-0.2, 0) is 67.6 Å². The molecule has 0 radical (unpaired) electrons. The minimum absolute atomic E-state index is 0. The van der Waals surface area contributed by atoms with E-state index in [2.05, 4.69) is 10.9 Å². The number of phosphoric acid groups is 2. The monoisotopic (exact) mass is 456 g/mol. The Kier molecular flexibility index (Phi) is 36.8. The van der Waals surface area contributed by atoms with Crippen molar-refractivity contribution < 1.29 is 96.9 Å². The van der Waals surface area contributed by atoms with E-state index in [1.165, 1.54) is 0 Å². The van der Waals surface area contributed by atoms with Crippen molar-refractivity contribution in [3.63, 3.8) is 0 Å². The Balaban J connectivity index is -0.0000000277. The number of hydrogen-bond donors (Lipinski definition) is 3. The van der Waals surface area contributed by atoms with Crippen molar-refractivity contribution in [2.24, 2.45) is 22.4 Å². The molecule has 0 heterocycles. The zero-order chi connectivity index (χ0) is 13.3. The number of hydrogen-bond acceptors (Lipinski definition) is 10. The summed E-state index contributed by atoms with van der Waals surface area (Å²) >= 11 is 0. The Labute approximate surface area is 140 Å². The van der Waals surface area contributed by atoms with Gasteiger partial charge in [-0.1, -0.05) is 0 Å². The molecule has 0 atom stereocenters. The van der Waals surface area contributed by atoms with Crippen LogP contribution in [0.1, 0.15) is 0 Å². The van der Waals surface area contributed by atoms with Gasteiger partial charge in [0, 0.05) is 0 Å². The van der Waals surface area contributed by atoms with Crippen LogP contribution in [-0.4, -0.2) is 5.96 Å². The van der Waals surface area contributed by atoms with E-state index >= 15 is 0 Å². The van der Waals surface area contributed by atoms with Crippen LogP contribution in [0.3, 0.4) is 0 Å². The minimum Gasteiger partial charge on any atom is -0.822 e. The van der Waals surface area contributed by atoms with E-state index < -0.39 is 15.6 Å². The van der Waals surface area contributed by atoms with Crippen molar-refractivity contribution in [2.45, 2.75) is 0 Å². The average Bonchev–Trinajstić information content (AvgIpc) is 1.79. The molecule has 0 spiro atoms. The molecule has 0 aromatic carbocycles. The first-order chi connectivity index (χ1) is 6.27. The second kappa shape index (κ2) is 18.2. The quantitative estimate of drug-likeness (QED) is 0.0763. The van der Waals surface area contributed by atoms with E-state index in [9.17, 15) is 0 Å². The van der Waals surface area contributed by atoms with Crippen LogP contribution in [0.25, 0.3) is 0 Å². The van der Waals surface area contributed by atoms with Crippen LogP contribution < -0.4 is 46.7 Å². The standard InChI is InChI=1S/CH6N4.2H3O4P.3Zn/c2-1(3)5-4;2*1-5(2,3)4;;;/h4H2,(H4,2,3,5);2*(H3,1,2,3,4);;;/q;;;3*+2/p-6. The van der Waals surface area contributed by atoms with Gasteiger partial charge in [0.2, 0.25) is 5.96 Å². The fraction of sp³-hybridized carbons (Fsp3) is 0. The Hall–Kier alpha value is 1.16. The average molecular weight is 460 g/mol. The maximum Gasteiger partial charge on any atom is 2.00 e. The molecule has 0 saturated heterocycles. The Morgan fingerprint density at radius 2 is 0.833 bits per heavy atom. The van der Waals surface area contributed by atoms with E-state index in [-0.39, 0.29) is 64.4 Å². The molecule has 17 heteroatoms. The molecule has 0 rings (SSSR count). The van der Waals surface area contributed by atoms with E-state index in [0.717, 1.165) is 0 Å². The van der Waals surface area contributed by atoms with Gasteiger partial charge in [0.1, 0.15) is 0 Å². The third kappa shape index (κ3) is 449. The molecule has 0 aliphatic rings. The van der Waals surface area contributed by atoms with Gasteiger partial charge >= 0.3 is 58.4 Å². The van der Waals surface area contributed by atoms with Crippen molar-refractivity contribution in [1.82, 2.24) is 0 Å². The van der Waals surface area contributed by atoms with Crippen molar-refractivity contribution in [1.29, 1.82) is 0 Å². The van der Waals surface area contributed by atoms with Crippen LogP contribution in [0.5, 0.6) is 0 Å². The summed E-state index contributed by atoms with van der Waals surface area (Å²) in [5.74, 6) is 4.42. The van der Waals surface area contributed by atoms with Crippen molar-refractivity contribution in [3.05, 3.63) is 0 Å². The summed E-state index contributed by atoms with van der Waals surface area (Å²) < 4.78 is 17.1. The zero-order valence-corrected chi connectivity index (χ0v) is 19.7. The van der Waals surface area contributed by atoms with E-state index in [4.69, 9.17) is 50.0 Å². The molecule has 0 bridgehead atoms. The van der Waals surface area contributed by atoms with Crippen molar-refractivity contribution >= 4 is 21.6 Å². The van der Waals surface area contributed by atoms with Crippen molar-refractivity contribution in [3.8, 4) is 0 Å². The maximum atomic E-state index is 8.55. The third-order valence-electron chi connectivity index (χ3n) is 0.149. The van der Waals surface area contributed by atoms with E-state index in [0.29, 0.717) is 0 Å². The smallest absolute Gasteiger partial charge is 0.822 e. The van der Waals surface area contributed by atoms with Gasteiger partial charge in [-0.3, -0.25) is 0 Å². The van der Waals surface area contributed by atoms with Crippen LogP contribution in [0.15, 0.2) is 5.10 Å². The second-order valence-electron chi connectivity index (χ2n) is 1.45. The molecule has 0 unspecified atom stereocenters. The first-order valence-corrected chi connectivity index (χ1v) is 5.44. The number of nitrogens with zero attached hydrogens (tertiary/aromatic N) is 1. The van der Waals surface area contributed by atoms with Crippen LogP contribution in [0.4, 0.5) is 0 Å². The number of guanidine groups is 1. The van der Waals surface area contributed by atoms with Gasteiger partial charge in [-0.15, -0.1) is 5.10 Å².